The molecule has 2 aromatic rings. The average molecular weight is 596 g/mol. The van der Waals surface area contributed by atoms with Crippen LogP contribution in [-0.4, -0.2) is 49.8 Å². The van der Waals surface area contributed by atoms with E-state index in [1.165, 1.54) is 4.31 Å². The highest BCUT2D eigenvalue weighted by Gasteiger charge is 2.48. The summed E-state index contributed by atoms with van der Waals surface area (Å²) in [5.41, 5.74) is 3.51. The van der Waals surface area contributed by atoms with Gasteiger partial charge < -0.3 is 4.74 Å². The fourth-order valence-electron chi connectivity index (χ4n) is 4.77. The Morgan fingerprint density at radius 3 is 2.24 bits per heavy atom. The van der Waals surface area contributed by atoms with E-state index in [-0.39, 0.29) is 24.0 Å². The van der Waals surface area contributed by atoms with Crippen molar-refractivity contribution < 1.29 is 22.7 Å². The van der Waals surface area contributed by atoms with Gasteiger partial charge in [-0.2, -0.15) is 4.31 Å². The molecule has 34 heavy (non-hydrogen) atoms. The highest BCUT2D eigenvalue weighted by atomic mass is 127. The van der Waals surface area contributed by atoms with Gasteiger partial charge in [0.1, 0.15) is 6.04 Å². The maximum atomic E-state index is 14.2. The van der Waals surface area contributed by atoms with Gasteiger partial charge in [-0.15, -0.1) is 0 Å². The van der Waals surface area contributed by atoms with Crippen LogP contribution in [0.25, 0.3) is 0 Å². The third-order valence-corrected chi connectivity index (χ3v) is 9.70. The first-order valence-electron chi connectivity index (χ1n) is 11.4. The van der Waals surface area contributed by atoms with Gasteiger partial charge in [-0.05, 0) is 110 Å². The van der Waals surface area contributed by atoms with Gasteiger partial charge in [0, 0.05) is 16.7 Å². The van der Waals surface area contributed by atoms with Crippen molar-refractivity contribution >= 4 is 50.1 Å². The number of hydrogen-bond donors (Lipinski definition) is 0. The van der Waals surface area contributed by atoms with Crippen molar-refractivity contribution in [2.75, 3.05) is 18.1 Å². The van der Waals surface area contributed by atoms with Crippen LogP contribution in [0.1, 0.15) is 41.5 Å². The second-order valence-corrected chi connectivity index (χ2v) is 12.1. The molecule has 0 bridgehead atoms. The molecule has 2 saturated heterocycles. The molecule has 2 aromatic carbocycles. The number of carbonyl (C=O) groups excluding carboxylic acids is 2. The minimum Gasteiger partial charge on any atom is -0.377 e. The third kappa shape index (κ3) is 4.55. The first kappa shape index (κ1) is 25.3. The SMILES string of the molecule is Cc1cc(C)c(C)c(S(=O)(=O)N(CC2CCCO2)C2CC(=O)N(c3ccc(I)cc3)C2=O)c1C. The molecule has 2 aliphatic rings. The summed E-state index contributed by atoms with van der Waals surface area (Å²) >= 11 is 2.15. The Kier molecular flexibility index (Phi) is 7.19. The van der Waals surface area contributed by atoms with Gasteiger partial charge in [0.25, 0.3) is 5.91 Å². The van der Waals surface area contributed by atoms with Crippen LogP contribution in [0.3, 0.4) is 0 Å². The number of anilines is 1. The van der Waals surface area contributed by atoms with E-state index in [2.05, 4.69) is 22.6 Å². The summed E-state index contributed by atoms with van der Waals surface area (Å²) in [4.78, 5) is 27.9. The molecular formula is C25H29IN2O5S. The highest BCUT2D eigenvalue weighted by molar-refractivity contribution is 14.1. The van der Waals surface area contributed by atoms with Crippen molar-refractivity contribution in [1.82, 2.24) is 4.31 Å². The summed E-state index contributed by atoms with van der Waals surface area (Å²) in [6, 6.07) is 7.89. The van der Waals surface area contributed by atoms with Crippen molar-refractivity contribution in [3.05, 3.63) is 56.2 Å². The fraction of sp³-hybridized carbons (Fsp3) is 0.440. The van der Waals surface area contributed by atoms with Crippen LogP contribution < -0.4 is 4.90 Å². The standard InChI is InChI=1S/C25H29IN2O5S/c1-15-12-16(2)18(4)24(17(15)3)34(31,32)27(14-21-6-5-11-33-21)22-13-23(29)28(25(22)30)20-9-7-19(26)8-10-20/h7-10,12,21-22H,5-6,11,13-14H2,1-4H3. The molecule has 0 saturated carbocycles. The smallest absolute Gasteiger partial charge is 0.252 e. The van der Waals surface area contributed by atoms with Crippen LogP contribution >= 0.6 is 22.6 Å². The lowest BCUT2D eigenvalue weighted by atomic mass is 10.0. The number of sulfonamides is 1. The van der Waals surface area contributed by atoms with Crippen molar-refractivity contribution in [3.8, 4) is 0 Å². The van der Waals surface area contributed by atoms with Crippen LogP contribution in [0.5, 0.6) is 0 Å². The lowest BCUT2D eigenvalue weighted by Crippen LogP contribution is -2.48. The average Bonchev–Trinajstić information content (AvgIpc) is 3.39. The maximum absolute atomic E-state index is 14.2. The Balaban J connectivity index is 1.79. The first-order valence-corrected chi connectivity index (χ1v) is 13.9. The van der Waals surface area contributed by atoms with Gasteiger partial charge in [0.15, 0.2) is 0 Å². The molecule has 0 radical (unpaired) electrons. The van der Waals surface area contributed by atoms with E-state index >= 15 is 0 Å². The minimum absolute atomic E-state index is 0.0401. The minimum atomic E-state index is -4.09. The predicted molar refractivity (Wildman–Crippen MR) is 138 cm³/mol. The maximum Gasteiger partial charge on any atom is 0.252 e. The van der Waals surface area contributed by atoms with E-state index in [0.717, 1.165) is 26.0 Å². The molecule has 0 aromatic heterocycles. The number of benzene rings is 2. The lowest BCUT2D eigenvalue weighted by molar-refractivity contribution is -0.122. The number of nitrogens with zero attached hydrogens (tertiary/aromatic N) is 2. The van der Waals surface area contributed by atoms with E-state index in [1.807, 2.05) is 32.0 Å². The largest absolute Gasteiger partial charge is 0.377 e. The van der Waals surface area contributed by atoms with E-state index in [4.69, 9.17) is 4.74 Å². The van der Waals surface area contributed by atoms with Gasteiger partial charge in [-0.25, -0.2) is 13.3 Å². The molecule has 2 aliphatic heterocycles. The summed E-state index contributed by atoms with van der Waals surface area (Å²) in [5, 5.41) is 0. The monoisotopic (exact) mass is 596 g/mol. The number of hydrogen-bond acceptors (Lipinski definition) is 5. The zero-order valence-electron chi connectivity index (χ0n) is 19.8. The number of ether oxygens (including phenoxy) is 1. The van der Waals surface area contributed by atoms with Crippen molar-refractivity contribution in [3.63, 3.8) is 0 Å². The molecule has 4 rings (SSSR count). The van der Waals surface area contributed by atoms with Gasteiger partial charge in [0.05, 0.1) is 23.1 Å². The molecule has 2 amide bonds. The molecule has 2 fully saturated rings. The predicted octanol–water partition coefficient (Wildman–Crippen LogP) is 4.03. The normalized spacial score (nSPS) is 21.2. The summed E-state index contributed by atoms with van der Waals surface area (Å²) < 4.78 is 36.3. The Morgan fingerprint density at radius 2 is 1.68 bits per heavy atom. The van der Waals surface area contributed by atoms with Crippen molar-refractivity contribution in [1.29, 1.82) is 0 Å². The quantitative estimate of drug-likeness (QED) is 0.372. The van der Waals surface area contributed by atoms with Gasteiger partial charge >= 0.3 is 0 Å². The molecule has 2 unspecified atom stereocenters. The van der Waals surface area contributed by atoms with Gasteiger partial charge in [-0.3, -0.25) is 9.59 Å². The second kappa shape index (κ2) is 9.67. The van der Waals surface area contributed by atoms with E-state index in [9.17, 15) is 18.0 Å². The zero-order valence-corrected chi connectivity index (χ0v) is 22.8. The van der Waals surface area contributed by atoms with E-state index < -0.39 is 27.9 Å². The zero-order chi connectivity index (χ0) is 24.8. The Bertz CT molecular complexity index is 1210. The highest BCUT2D eigenvalue weighted by Crippen LogP contribution is 2.34. The molecule has 0 spiro atoms. The molecule has 2 heterocycles. The molecule has 0 aliphatic carbocycles. The third-order valence-electron chi connectivity index (χ3n) is 6.83. The topological polar surface area (TPSA) is 84.0 Å². The number of imide groups is 1. The van der Waals surface area contributed by atoms with Gasteiger partial charge in [0.2, 0.25) is 15.9 Å². The second-order valence-electron chi connectivity index (χ2n) is 9.06. The Labute approximate surface area is 214 Å². The molecule has 7 nitrogen and oxygen atoms in total. The van der Waals surface area contributed by atoms with Crippen LogP contribution in [0.2, 0.25) is 0 Å². The first-order chi connectivity index (χ1) is 16.0. The molecule has 2 atom stereocenters. The van der Waals surface area contributed by atoms with Crippen molar-refractivity contribution in [2.24, 2.45) is 0 Å². The summed E-state index contributed by atoms with van der Waals surface area (Å²) in [6.07, 6.45) is 1.05. The molecule has 9 heteroatoms. The summed E-state index contributed by atoms with van der Waals surface area (Å²) in [7, 11) is -4.09. The molecular weight excluding hydrogens is 567 g/mol. The fourth-order valence-corrected chi connectivity index (χ4v) is 7.32. The summed E-state index contributed by atoms with van der Waals surface area (Å²) in [6.45, 7) is 7.95. The van der Waals surface area contributed by atoms with Crippen LogP contribution in [0.4, 0.5) is 5.69 Å². The van der Waals surface area contributed by atoms with Crippen LogP contribution in [0, 0.1) is 31.3 Å². The Hall–Kier alpha value is -1.82. The molecule has 182 valence electrons. The van der Waals surface area contributed by atoms with Gasteiger partial charge in [-0.1, -0.05) is 6.07 Å². The summed E-state index contributed by atoms with van der Waals surface area (Å²) in [5.74, 6) is -0.926. The number of aryl methyl sites for hydroxylation is 2. The van der Waals surface area contributed by atoms with Crippen molar-refractivity contribution in [2.45, 2.75) is 64.0 Å². The lowest BCUT2D eigenvalue weighted by Gasteiger charge is -2.30. The van der Waals surface area contributed by atoms with E-state index in [0.29, 0.717) is 29.8 Å². The molecule has 0 N–H and O–H groups in total. The van der Waals surface area contributed by atoms with Crippen LogP contribution in [0.15, 0.2) is 35.2 Å². The van der Waals surface area contributed by atoms with Crippen LogP contribution in [-0.2, 0) is 24.3 Å². The van der Waals surface area contributed by atoms with E-state index in [1.54, 1.807) is 26.0 Å². The number of rotatable bonds is 6. The number of halogens is 1. The Morgan fingerprint density at radius 1 is 1.06 bits per heavy atom. The number of amides is 2. The number of carbonyl (C=O) groups is 2.